The number of methoxy groups -OCH3 is 2. The molecular weight excluding hydrogens is 413 g/mol. The molecule has 1 saturated heterocycles. The maximum atomic E-state index is 5.48. The summed E-state index contributed by atoms with van der Waals surface area (Å²) in [6.45, 7) is 2.59. The van der Waals surface area contributed by atoms with Crippen molar-refractivity contribution in [3.05, 3.63) is 71.8 Å². The molecule has 28 heavy (non-hydrogen) atoms. The van der Waals surface area contributed by atoms with Crippen molar-refractivity contribution >= 4 is 25.5 Å². The van der Waals surface area contributed by atoms with Gasteiger partial charge in [0.05, 0.1) is 0 Å². The molecule has 0 aliphatic carbocycles. The van der Waals surface area contributed by atoms with E-state index in [1.54, 1.807) is 14.2 Å². The van der Waals surface area contributed by atoms with E-state index in [0.717, 1.165) is 25.1 Å². The first kappa shape index (κ1) is 21.3. The Morgan fingerprint density at radius 3 is 2.25 bits per heavy atom. The van der Waals surface area contributed by atoms with Gasteiger partial charge in [-0.15, -0.1) is 0 Å². The molecule has 0 saturated carbocycles. The van der Waals surface area contributed by atoms with Crippen molar-refractivity contribution < 1.29 is 9.47 Å². The van der Waals surface area contributed by atoms with Gasteiger partial charge in [-0.3, -0.25) is 0 Å². The monoisotopic (exact) mass is 445 g/mol. The van der Waals surface area contributed by atoms with Crippen molar-refractivity contribution in [2.24, 2.45) is 0 Å². The maximum absolute atomic E-state index is 5.48. The molecule has 0 aromatic heterocycles. The third kappa shape index (κ3) is 6.04. The van der Waals surface area contributed by atoms with E-state index >= 15 is 0 Å². The Kier molecular flexibility index (Phi) is 8.78. The van der Waals surface area contributed by atoms with Gasteiger partial charge in [0.15, 0.2) is 0 Å². The molecule has 3 rings (SSSR count). The fourth-order valence-electron chi connectivity index (χ4n) is 3.87. The van der Waals surface area contributed by atoms with Gasteiger partial charge in [-0.1, -0.05) is 0 Å². The number of benzene rings is 2. The fraction of sp³-hybridized carbons (Fsp3) is 0.417. The van der Waals surface area contributed by atoms with Crippen LogP contribution in [0.3, 0.4) is 0 Å². The van der Waals surface area contributed by atoms with E-state index in [0.29, 0.717) is 27.0 Å². The average Bonchev–Trinajstić information content (AvgIpc) is 3.09. The second kappa shape index (κ2) is 11.5. The van der Waals surface area contributed by atoms with Crippen molar-refractivity contribution in [1.82, 2.24) is 4.90 Å². The Morgan fingerprint density at radius 1 is 0.929 bits per heavy atom. The van der Waals surface area contributed by atoms with Gasteiger partial charge in [-0.2, -0.15) is 0 Å². The summed E-state index contributed by atoms with van der Waals surface area (Å²) in [6, 6.07) is 20.4. The van der Waals surface area contributed by atoms with Gasteiger partial charge in [0.25, 0.3) is 0 Å². The topological polar surface area (TPSA) is 21.7 Å². The molecular formula is C24H31NO2Se. The zero-order chi connectivity index (χ0) is 19.6. The third-order valence-electron chi connectivity index (χ3n) is 5.26. The van der Waals surface area contributed by atoms with Crippen molar-refractivity contribution in [3.8, 4) is 0 Å². The SMILES string of the molecule is COC[C@H]1CC[C@H](COC)N1Cc1ccccc1[Se]C/C=C/c1ccccc1. The molecule has 1 heterocycles. The van der Waals surface area contributed by atoms with E-state index in [1.165, 1.54) is 28.4 Å². The van der Waals surface area contributed by atoms with E-state index in [4.69, 9.17) is 9.47 Å². The summed E-state index contributed by atoms with van der Waals surface area (Å²) in [4.78, 5) is 2.60. The Labute approximate surface area is 175 Å². The first-order valence-corrected chi connectivity index (χ1v) is 12.0. The van der Waals surface area contributed by atoms with Crippen molar-refractivity contribution in [2.45, 2.75) is 36.8 Å². The number of hydrogen-bond acceptors (Lipinski definition) is 3. The number of ether oxygens (including phenoxy) is 2. The second-order valence-corrected chi connectivity index (χ2v) is 9.43. The molecule has 0 spiro atoms. The number of hydrogen-bond donors (Lipinski definition) is 0. The quantitative estimate of drug-likeness (QED) is 0.521. The number of nitrogens with zero attached hydrogens (tertiary/aromatic N) is 1. The predicted molar refractivity (Wildman–Crippen MR) is 118 cm³/mol. The van der Waals surface area contributed by atoms with Crippen LogP contribution in [0.15, 0.2) is 60.7 Å². The van der Waals surface area contributed by atoms with Crippen molar-refractivity contribution in [2.75, 3.05) is 27.4 Å². The Bertz CT molecular complexity index is 720. The molecule has 0 radical (unpaired) electrons. The van der Waals surface area contributed by atoms with Gasteiger partial charge >= 0.3 is 176 Å². The zero-order valence-corrected chi connectivity index (χ0v) is 18.6. The Hall–Kier alpha value is -1.42. The van der Waals surface area contributed by atoms with E-state index < -0.39 is 0 Å². The normalized spacial score (nSPS) is 20.2. The standard InChI is InChI=1S/C24H31NO2Se/c1-26-18-22-14-15-23(19-27-2)25(22)17-21-12-6-7-13-24(21)28-16-8-11-20-9-4-3-5-10-20/h3-13,22-23H,14-19H2,1-2H3/b11-8+/t22-,23-/m1/s1. The van der Waals surface area contributed by atoms with Crippen LogP contribution in [0.2, 0.25) is 5.32 Å². The first-order valence-electron chi connectivity index (χ1n) is 9.97. The minimum absolute atomic E-state index is 0.440. The molecule has 3 nitrogen and oxygen atoms in total. The fourth-order valence-corrected chi connectivity index (χ4v) is 5.69. The summed E-state index contributed by atoms with van der Waals surface area (Å²) in [6.07, 6.45) is 6.92. The van der Waals surface area contributed by atoms with E-state index in [1.807, 2.05) is 0 Å². The van der Waals surface area contributed by atoms with Gasteiger partial charge in [-0.25, -0.2) is 0 Å². The van der Waals surface area contributed by atoms with E-state index in [2.05, 4.69) is 71.6 Å². The zero-order valence-electron chi connectivity index (χ0n) is 16.9. The third-order valence-corrected chi connectivity index (χ3v) is 7.50. The summed E-state index contributed by atoms with van der Waals surface area (Å²) >= 11 is 0.440. The van der Waals surface area contributed by atoms with Crippen LogP contribution in [0.4, 0.5) is 0 Å². The molecule has 2 aromatic rings. The van der Waals surface area contributed by atoms with Crippen LogP contribution in [0.5, 0.6) is 0 Å². The Balaban J connectivity index is 1.64. The molecule has 2 aromatic carbocycles. The van der Waals surface area contributed by atoms with Gasteiger partial charge in [-0.05, 0) is 0 Å². The molecule has 150 valence electrons. The van der Waals surface area contributed by atoms with Crippen LogP contribution in [-0.2, 0) is 16.0 Å². The molecule has 0 amide bonds. The van der Waals surface area contributed by atoms with E-state index in [9.17, 15) is 0 Å². The molecule has 1 aliphatic rings. The number of allylic oxidation sites excluding steroid dienone is 1. The van der Waals surface area contributed by atoms with Crippen LogP contribution < -0.4 is 4.46 Å². The molecule has 4 heteroatoms. The molecule has 1 aliphatic heterocycles. The molecule has 0 N–H and O–H groups in total. The summed E-state index contributed by atoms with van der Waals surface area (Å²) in [5.41, 5.74) is 2.73. The predicted octanol–water partition coefficient (Wildman–Crippen LogP) is 3.77. The number of rotatable bonds is 10. The minimum atomic E-state index is 0.440. The summed E-state index contributed by atoms with van der Waals surface area (Å²) in [5.74, 6) is 0. The average molecular weight is 444 g/mol. The number of likely N-dealkylation sites (tertiary alicyclic amines) is 1. The molecule has 0 unspecified atom stereocenters. The van der Waals surface area contributed by atoms with Crippen LogP contribution in [0.25, 0.3) is 6.08 Å². The van der Waals surface area contributed by atoms with Crippen LogP contribution in [0.1, 0.15) is 24.0 Å². The van der Waals surface area contributed by atoms with Crippen LogP contribution in [-0.4, -0.2) is 59.4 Å². The summed E-state index contributed by atoms with van der Waals surface area (Å²) < 4.78 is 12.5. The van der Waals surface area contributed by atoms with E-state index in [-0.39, 0.29) is 0 Å². The van der Waals surface area contributed by atoms with Gasteiger partial charge in [0.2, 0.25) is 0 Å². The summed E-state index contributed by atoms with van der Waals surface area (Å²) in [7, 11) is 3.61. The summed E-state index contributed by atoms with van der Waals surface area (Å²) in [5, 5.41) is 1.11. The Morgan fingerprint density at radius 2 is 1.57 bits per heavy atom. The first-order chi connectivity index (χ1) is 13.8. The van der Waals surface area contributed by atoms with Gasteiger partial charge < -0.3 is 0 Å². The molecule has 1 fully saturated rings. The molecule has 0 bridgehead atoms. The van der Waals surface area contributed by atoms with Gasteiger partial charge in [0.1, 0.15) is 0 Å². The van der Waals surface area contributed by atoms with Crippen molar-refractivity contribution in [1.29, 1.82) is 0 Å². The van der Waals surface area contributed by atoms with Gasteiger partial charge in [0, 0.05) is 0 Å². The molecule has 2 atom stereocenters. The second-order valence-electron chi connectivity index (χ2n) is 7.20. The van der Waals surface area contributed by atoms with Crippen molar-refractivity contribution in [3.63, 3.8) is 0 Å². The van der Waals surface area contributed by atoms with Crippen LogP contribution >= 0.6 is 0 Å². The van der Waals surface area contributed by atoms with Crippen LogP contribution in [0, 0.1) is 0 Å².